The Hall–Kier alpha value is -3.87. The van der Waals surface area contributed by atoms with Gasteiger partial charge in [0.2, 0.25) is 11.8 Å². The maximum Gasteiger partial charge on any atom is 0.248 e. The summed E-state index contributed by atoms with van der Waals surface area (Å²) in [4.78, 5) is 28.1. The quantitative estimate of drug-likeness (QED) is 0.515. The van der Waals surface area contributed by atoms with Crippen molar-refractivity contribution in [2.45, 2.75) is 33.6 Å². The third-order valence-electron chi connectivity index (χ3n) is 5.56. The number of carbonyl (C=O) groups is 2. The standard InChI is InChI=1S/C27H28N2O5/c1-16(2)15-33-24-14-20(27(28)31)5-4-19(24)12-18-8-10-29-25(13-18)34-23-7-6-21-22(30)9-11-32-26(21)17(23)3/h4-8,10,13-14,16H,9,11-12,15H2,1-3H3,(H2,28,31). The lowest BCUT2D eigenvalue weighted by molar-refractivity contribution is 0.0931. The van der Waals surface area contributed by atoms with Crippen LogP contribution in [0.1, 0.15) is 57.7 Å². The molecule has 0 fully saturated rings. The van der Waals surface area contributed by atoms with Gasteiger partial charge in [0.15, 0.2) is 5.78 Å². The molecule has 1 aliphatic heterocycles. The van der Waals surface area contributed by atoms with Gasteiger partial charge >= 0.3 is 0 Å². The van der Waals surface area contributed by atoms with E-state index in [9.17, 15) is 9.59 Å². The summed E-state index contributed by atoms with van der Waals surface area (Å²) >= 11 is 0. The van der Waals surface area contributed by atoms with Crippen molar-refractivity contribution in [1.29, 1.82) is 0 Å². The second kappa shape index (κ2) is 9.95. The maximum absolute atomic E-state index is 12.1. The van der Waals surface area contributed by atoms with Gasteiger partial charge in [-0.15, -0.1) is 0 Å². The minimum absolute atomic E-state index is 0.0777. The molecule has 0 saturated heterocycles. The van der Waals surface area contributed by atoms with Gasteiger partial charge in [0.1, 0.15) is 17.2 Å². The third kappa shape index (κ3) is 5.20. The Kier molecular flexibility index (Phi) is 6.82. The topological polar surface area (TPSA) is 101 Å². The first-order chi connectivity index (χ1) is 16.3. The summed E-state index contributed by atoms with van der Waals surface area (Å²) in [6, 6.07) is 12.5. The molecule has 0 spiro atoms. The molecule has 176 valence electrons. The molecule has 0 bridgehead atoms. The molecule has 34 heavy (non-hydrogen) atoms. The summed E-state index contributed by atoms with van der Waals surface area (Å²) < 4.78 is 17.7. The van der Waals surface area contributed by atoms with Crippen LogP contribution in [-0.4, -0.2) is 29.9 Å². The van der Waals surface area contributed by atoms with E-state index in [0.29, 0.717) is 66.2 Å². The maximum atomic E-state index is 12.1. The van der Waals surface area contributed by atoms with Crippen molar-refractivity contribution in [3.8, 4) is 23.1 Å². The highest BCUT2D eigenvalue weighted by molar-refractivity contribution is 6.00. The van der Waals surface area contributed by atoms with Gasteiger partial charge in [-0.3, -0.25) is 9.59 Å². The second-order valence-corrected chi connectivity index (χ2v) is 8.76. The number of hydrogen-bond donors (Lipinski definition) is 1. The number of nitrogens with two attached hydrogens (primary N) is 1. The van der Waals surface area contributed by atoms with E-state index in [-0.39, 0.29) is 5.78 Å². The van der Waals surface area contributed by atoms with E-state index in [4.69, 9.17) is 19.9 Å². The number of rotatable bonds is 8. The van der Waals surface area contributed by atoms with Crippen LogP contribution in [0, 0.1) is 12.8 Å². The summed E-state index contributed by atoms with van der Waals surface area (Å²) in [6.45, 7) is 6.90. The normalized spacial score (nSPS) is 12.8. The Morgan fingerprint density at radius 2 is 1.97 bits per heavy atom. The van der Waals surface area contributed by atoms with E-state index >= 15 is 0 Å². The van der Waals surface area contributed by atoms with Crippen molar-refractivity contribution in [3.05, 3.63) is 76.5 Å². The molecule has 0 aliphatic carbocycles. The minimum Gasteiger partial charge on any atom is -0.493 e. The SMILES string of the molecule is Cc1c(Oc2cc(Cc3ccc(C(N)=O)cc3OCC(C)C)ccn2)ccc2c1OCCC2=O. The van der Waals surface area contributed by atoms with Crippen molar-refractivity contribution in [3.63, 3.8) is 0 Å². The number of amides is 1. The molecule has 1 aliphatic rings. The average molecular weight is 461 g/mol. The lowest BCUT2D eigenvalue weighted by Crippen LogP contribution is -2.16. The van der Waals surface area contributed by atoms with Crippen LogP contribution in [-0.2, 0) is 6.42 Å². The van der Waals surface area contributed by atoms with E-state index in [1.165, 1.54) is 0 Å². The Balaban J connectivity index is 1.57. The van der Waals surface area contributed by atoms with Crippen molar-refractivity contribution in [2.24, 2.45) is 11.7 Å². The Morgan fingerprint density at radius 3 is 2.74 bits per heavy atom. The van der Waals surface area contributed by atoms with Crippen LogP contribution >= 0.6 is 0 Å². The van der Waals surface area contributed by atoms with Crippen LogP contribution in [0.5, 0.6) is 23.1 Å². The van der Waals surface area contributed by atoms with Gasteiger partial charge in [0.25, 0.3) is 0 Å². The number of benzene rings is 2. The highest BCUT2D eigenvalue weighted by atomic mass is 16.5. The molecule has 0 radical (unpaired) electrons. The van der Waals surface area contributed by atoms with Gasteiger partial charge < -0.3 is 19.9 Å². The molecule has 3 aromatic rings. The Labute approximate surface area is 198 Å². The zero-order valence-electron chi connectivity index (χ0n) is 19.6. The van der Waals surface area contributed by atoms with Crippen LogP contribution < -0.4 is 19.9 Å². The monoisotopic (exact) mass is 460 g/mol. The first-order valence-electron chi connectivity index (χ1n) is 11.3. The smallest absolute Gasteiger partial charge is 0.248 e. The van der Waals surface area contributed by atoms with E-state index in [0.717, 1.165) is 16.7 Å². The largest absolute Gasteiger partial charge is 0.493 e. The van der Waals surface area contributed by atoms with Gasteiger partial charge in [-0.2, -0.15) is 0 Å². The second-order valence-electron chi connectivity index (χ2n) is 8.76. The molecular weight excluding hydrogens is 432 g/mol. The molecule has 7 heteroatoms. The van der Waals surface area contributed by atoms with Crippen LogP contribution in [0.3, 0.4) is 0 Å². The molecule has 0 unspecified atom stereocenters. The number of hydrogen-bond acceptors (Lipinski definition) is 6. The lowest BCUT2D eigenvalue weighted by atomic mass is 10.0. The third-order valence-corrected chi connectivity index (χ3v) is 5.56. The molecule has 4 rings (SSSR count). The van der Waals surface area contributed by atoms with Gasteiger partial charge in [0, 0.05) is 36.2 Å². The first kappa shape index (κ1) is 23.3. The fourth-order valence-electron chi connectivity index (χ4n) is 3.76. The molecule has 7 nitrogen and oxygen atoms in total. The fourth-order valence-corrected chi connectivity index (χ4v) is 3.76. The first-order valence-corrected chi connectivity index (χ1v) is 11.3. The summed E-state index contributed by atoms with van der Waals surface area (Å²) in [7, 11) is 0. The number of aromatic nitrogens is 1. The summed E-state index contributed by atoms with van der Waals surface area (Å²) in [5.74, 6) is 2.15. The Bertz CT molecular complexity index is 1240. The zero-order chi connectivity index (χ0) is 24.2. The average Bonchev–Trinajstić information content (AvgIpc) is 2.81. The molecule has 0 atom stereocenters. The van der Waals surface area contributed by atoms with E-state index in [2.05, 4.69) is 18.8 Å². The highest BCUT2D eigenvalue weighted by Crippen LogP contribution is 2.36. The number of nitrogens with zero attached hydrogens (tertiary/aromatic N) is 1. The lowest BCUT2D eigenvalue weighted by Gasteiger charge is -2.20. The molecule has 0 saturated carbocycles. The Morgan fingerprint density at radius 1 is 1.15 bits per heavy atom. The zero-order valence-corrected chi connectivity index (χ0v) is 19.6. The molecule has 2 heterocycles. The number of primary amides is 1. The van der Waals surface area contributed by atoms with E-state index < -0.39 is 5.91 Å². The van der Waals surface area contributed by atoms with Crippen molar-refractivity contribution < 1.29 is 23.8 Å². The van der Waals surface area contributed by atoms with Gasteiger partial charge in [-0.05, 0) is 54.3 Å². The number of fused-ring (bicyclic) bond motifs is 1. The number of carbonyl (C=O) groups excluding carboxylic acids is 2. The summed E-state index contributed by atoms with van der Waals surface area (Å²) in [5, 5.41) is 0. The van der Waals surface area contributed by atoms with Gasteiger partial charge in [-0.25, -0.2) is 4.98 Å². The molecule has 2 N–H and O–H groups in total. The highest BCUT2D eigenvalue weighted by Gasteiger charge is 2.22. The van der Waals surface area contributed by atoms with Crippen molar-refractivity contribution in [1.82, 2.24) is 4.98 Å². The van der Waals surface area contributed by atoms with Crippen molar-refractivity contribution >= 4 is 11.7 Å². The number of ketones is 1. The molecular formula is C27H28N2O5. The predicted molar refractivity (Wildman–Crippen MR) is 128 cm³/mol. The molecule has 1 amide bonds. The minimum atomic E-state index is -0.494. The number of Topliss-reactive ketones (excluding diaryl/α,β-unsaturated/α-hetero) is 1. The summed E-state index contributed by atoms with van der Waals surface area (Å²) in [5.41, 5.74) is 9.11. The van der Waals surface area contributed by atoms with E-state index in [1.54, 1.807) is 30.5 Å². The molecule has 1 aromatic heterocycles. The predicted octanol–water partition coefficient (Wildman–Crippen LogP) is 4.87. The van der Waals surface area contributed by atoms with Crippen molar-refractivity contribution in [2.75, 3.05) is 13.2 Å². The van der Waals surface area contributed by atoms with Crippen LogP contribution in [0.25, 0.3) is 0 Å². The number of ether oxygens (including phenoxy) is 3. The number of pyridine rings is 1. The van der Waals surface area contributed by atoms with Crippen LogP contribution in [0.2, 0.25) is 0 Å². The van der Waals surface area contributed by atoms with Crippen LogP contribution in [0.15, 0.2) is 48.7 Å². The van der Waals surface area contributed by atoms with Gasteiger partial charge in [0.05, 0.1) is 18.8 Å². The van der Waals surface area contributed by atoms with Gasteiger partial charge in [-0.1, -0.05) is 19.9 Å². The van der Waals surface area contributed by atoms with E-state index in [1.807, 2.05) is 25.1 Å². The summed E-state index contributed by atoms with van der Waals surface area (Å²) in [6.07, 6.45) is 2.64. The van der Waals surface area contributed by atoms with Crippen LogP contribution in [0.4, 0.5) is 0 Å². The molecule has 2 aromatic carbocycles. The fraction of sp³-hybridized carbons (Fsp3) is 0.296.